The minimum Gasteiger partial charge on any atom is -0.490 e. The van der Waals surface area contributed by atoms with E-state index in [0.29, 0.717) is 13.2 Å². The summed E-state index contributed by atoms with van der Waals surface area (Å²) < 4.78 is 10.7. The number of quaternary nitrogens is 1. The molecular weight excluding hydrogens is 268 g/mol. The van der Waals surface area contributed by atoms with Gasteiger partial charge in [0.1, 0.15) is 25.0 Å². The molecule has 5 heteroatoms. The molecule has 1 atom stereocenters. The highest BCUT2D eigenvalue weighted by molar-refractivity contribution is 5.86. The minimum atomic E-state index is -0.470. The van der Waals surface area contributed by atoms with Gasteiger partial charge in [-0.2, -0.15) is 0 Å². The van der Waals surface area contributed by atoms with E-state index in [1.54, 1.807) is 7.11 Å². The predicted octanol–water partition coefficient (Wildman–Crippen LogP) is 0.816. The smallest absolute Gasteiger partial charge is 0.137 e. The Bertz CT molecular complexity index is 553. The molecular formula is C16H25N2O3+. The molecule has 0 fully saturated rings. The largest absolute Gasteiger partial charge is 0.490 e. The number of aromatic amines is 1. The molecule has 2 aromatic rings. The van der Waals surface area contributed by atoms with Crippen LogP contribution >= 0.6 is 0 Å². The van der Waals surface area contributed by atoms with Crippen LogP contribution in [0.3, 0.4) is 0 Å². The normalized spacial score (nSPS) is 12.7. The number of aromatic nitrogens is 1. The fourth-order valence-electron chi connectivity index (χ4n) is 2.33. The summed E-state index contributed by atoms with van der Waals surface area (Å²) in [6, 6.07) is 7.98. The van der Waals surface area contributed by atoms with E-state index in [1.165, 1.54) is 0 Å². The number of nitrogens with one attached hydrogen (secondary N) is 1. The van der Waals surface area contributed by atoms with Crippen molar-refractivity contribution in [3.8, 4) is 5.75 Å². The summed E-state index contributed by atoms with van der Waals surface area (Å²) in [5, 5.41) is 13.1. The Kier molecular flexibility index (Phi) is 6.04. The van der Waals surface area contributed by atoms with Crippen molar-refractivity contribution in [2.24, 2.45) is 0 Å². The SMILES string of the molecule is COCCC[NH2+]C[C@H](O)COc1cccc2[nH]c(C)cc12. The highest BCUT2D eigenvalue weighted by Gasteiger charge is 2.10. The van der Waals surface area contributed by atoms with Gasteiger partial charge in [-0.25, -0.2) is 0 Å². The highest BCUT2D eigenvalue weighted by Crippen LogP contribution is 2.26. The molecule has 2 rings (SSSR count). The fraction of sp³-hybridized carbons (Fsp3) is 0.500. The minimum absolute atomic E-state index is 0.310. The number of fused-ring (bicyclic) bond motifs is 1. The Labute approximate surface area is 125 Å². The van der Waals surface area contributed by atoms with Crippen molar-refractivity contribution in [1.82, 2.24) is 4.98 Å². The predicted molar refractivity (Wildman–Crippen MR) is 82.7 cm³/mol. The van der Waals surface area contributed by atoms with E-state index in [4.69, 9.17) is 9.47 Å². The Morgan fingerprint density at radius 1 is 1.38 bits per heavy atom. The molecule has 0 saturated heterocycles. The topological polar surface area (TPSA) is 71.1 Å². The summed E-state index contributed by atoms with van der Waals surface area (Å²) in [6.07, 6.45) is 0.522. The van der Waals surface area contributed by atoms with Crippen LogP contribution in [0.15, 0.2) is 24.3 Å². The fourth-order valence-corrected chi connectivity index (χ4v) is 2.33. The zero-order chi connectivity index (χ0) is 15.1. The standard InChI is InChI=1S/C16H24N2O3/c1-12-9-14-15(18-12)5-3-6-16(14)21-11-13(19)10-17-7-4-8-20-2/h3,5-6,9,13,17-19H,4,7-8,10-11H2,1-2H3/p+1/t13-/m0/s1. The maximum absolute atomic E-state index is 9.95. The van der Waals surface area contributed by atoms with Crippen molar-refractivity contribution < 1.29 is 19.9 Å². The van der Waals surface area contributed by atoms with Crippen molar-refractivity contribution in [3.63, 3.8) is 0 Å². The van der Waals surface area contributed by atoms with E-state index < -0.39 is 6.10 Å². The second kappa shape index (κ2) is 8.02. The molecule has 0 unspecified atom stereocenters. The van der Waals surface area contributed by atoms with Gasteiger partial charge in [-0.05, 0) is 25.1 Å². The number of rotatable bonds is 9. The summed E-state index contributed by atoms with van der Waals surface area (Å²) in [7, 11) is 1.70. The van der Waals surface area contributed by atoms with Gasteiger partial charge in [-0.1, -0.05) is 6.07 Å². The van der Waals surface area contributed by atoms with Gasteiger partial charge in [0.05, 0.1) is 13.2 Å². The molecule has 21 heavy (non-hydrogen) atoms. The Hall–Kier alpha value is -1.56. The van der Waals surface area contributed by atoms with E-state index in [2.05, 4.69) is 16.4 Å². The van der Waals surface area contributed by atoms with Gasteiger partial charge < -0.3 is 24.9 Å². The molecule has 0 amide bonds. The van der Waals surface area contributed by atoms with E-state index in [-0.39, 0.29) is 0 Å². The van der Waals surface area contributed by atoms with E-state index >= 15 is 0 Å². The Morgan fingerprint density at radius 2 is 2.24 bits per heavy atom. The van der Waals surface area contributed by atoms with Gasteiger partial charge in [0, 0.05) is 30.1 Å². The molecule has 0 aliphatic carbocycles. The number of nitrogens with two attached hydrogens (primary N) is 1. The number of hydrogen-bond acceptors (Lipinski definition) is 3. The van der Waals surface area contributed by atoms with Gasteiger partial charge >= 0.3 is 0 Å². The molecule has 4 N–H and O–H groups in total. The van der Waals surface area contributed by atoms with Gasteiger partial charge in [0.2, 0.25) is 0 Å². The van der Waals surface area contributed by atoms with Crippen LogP contribution in [0.1, 0.15) is 12.1 Å². The van der Waals surface area contributed by atoms with Crippen LogP contribution in [-0.2, 0) is 4.74 Å². The molecule has 5 nitrogen and oxygen atoms in total. The monoisotopic (exact) mass is 293 g/mol. The van der Waals surface area contributed by atoms with Crippen molar-refractivity contribution in [1.29, 1.82) is 0 Å². The maximum Gasteiger partial charge on any atom is 0.137 e. The Balaban J connectivity index is 1.78. The summed E-state index contributed by atoms with van der Waals surface area (Å²) in [4.78, 5) is 3.28. The first-order chi connectivity index (χ1) is 10.2. The summed E-state index contributed by atoms with van der Waals surface area (Å²) in [5.41, 5.74) is 2.17. The average molecular weight is 293 g/mol. The molecule has 1 heterocycles. The molecule has 1 aromatic carbocycles. The number of ether oxygens (including phenoxy) is 2. The van der Waals surface area contributed by atoms with Crippen LogP contribution in [-0.4, -0.2) is 49.6 Å². The lowest BCUT2D eigenvalue weighted by Crippen LogP contribution is -2.86. The van der Waals surface area contributed by atoms with Crippen LogP contribution in [0.5, 0.6) is 5.75 Å². The van der Waals surface area contributed by atoms with Crippen molar-refractivity contribution in [3.05, 3.63) is 30.0 Å². The number of aryl methyl sites for hydroxylation is 1. The summed E-state index contributed by atoms with van der Waals surface area (Å²) in [6.45, 7) is 4.69. The molecule has 0 saturated carbocycles. The van der Waals surface area contributed by atoms with E-state index in [0.717, 1.165) is 41.9 Å². The van der Waals surface area contributed by atoms with Crippen molar-refractivity contribution in [2.75, 3.05) is 33.4 Å². The zero-order valence-electron chi connectivity index (χ0n) is 12.8. The van der Waals surface area contributed by atoms with Crippen LogP contribution in [0.2, 0.25) is 0 Å². The van der Waals surface area contributed by atoms with Crippen LogP contribution in [0, 0.1) is 6.92 Å². The number of aliphatic hydroxyl groups excluding tert-OH is 1. The van der Waals surface area contributed by atoms with Crippen LogP contribution in [0.4, 0.5) is 0 Å². The lowest BCUT2D eigenvalue weighted by atomic mass is 10.2. The average Bonchev–Trinajstić information content (AvgIpc) is 2.85. The second-order valence-electron chi connectivity index (χ2n) is 5.29. The van der Waals surface area contributed by atoms with Crippen molar-refractivity contribution >= 4 is 10.9 Å². The maximum atomic E-state index is 9.95. The molecule has 0 spiro atoms. The van der Waals surface area contributed by atoms with Gasteiger partial charge in [0.15, 0.2) is 0 Å². The first-order valence-electron chi connectivity index (χ1n) is 7.40. The lowest BCUT2D eigenvalue weighted by Gasteiger charge is -2.12. The van der Waals surface area contributed by atoms with Gasteiger partial charge in [-0.3, -0.25) is 0 Å². The first kappa shape index (κ1) is 15.8. The van der Waals surface area contributed by atoms with Crippen LogP contribution in [0.25, 0.3) is 10.9 Å². The third kappa shape index (κ3) is 4.74. The van der Waals surface area contributed by atoms with Gasteiger partial charge in [0.25, 0.3) is 0 Å². The number of benzene rings is 1. The molecule has 0 aliphatic heterocycles. The van der Waals surface area contributed by atoms with E-state index in [9.17, 15) is 5.11 Å². The number of methoxy groups -OCH3 is 1. The first-order valence-corrected chi connectivity index (χ1v) is 7.40. The van der Waals surface area contributed by atoms with Crippen LogP contribution < -0.4 is 10.1 Å². The second-order valence-corrected chi connectivity index (χ2v) is 5.29. The molecule has 1 aromatic heterocycles. The van der Waals surface area contributed by atoms with Crippen molar-refractivity contribution in [2.45, 2.75) is 19.4 Å². The third-order valence-electron chi connectivity index (χ3n) is 3.39. The number of hydrogen-bond donors (Lipinski definition) is 3. The summed E-state index contributed by atoms with van der Waals surface area (Å²) >= 11 is 0. The highest BCUT2D eigenvalue weighted by atomic mass is 16.5. The summed E-state index contributed by atoms with van der Waals surface area (Å²) in [5.74, 6) is 0.815. The third-order valence-corrected chi connectivity index (χ3v) is 3.39. The van der Waals surface area contributed by atoms with E-state index in [1.807, 2.05) is 25.1 Å². The molecule has 0 bridgehead atoms. The number of aliphatic hydroxyl groups is 1. The molecule has 0 radical (unpaired) electrons. The lowest BCUT2D eigenvalue weighted by molar-refractivity contribution is -0.661. The van der Waals surface area contributed by atoms with Gasteiger partial charge in [-0.15, -0.1) is 0 Å². The molecule has 0 aliphatic rings. The quantitative estimate of drug-likeness (QED) is 0.599. The number of H-pyrrole nitrogens is 1. The molecule has 116 valence electrons. The zero-order valence-corrected chi connectivity index (χ0v) is 12.8. The Morgan fingerprint density at radius 3 is 3.05 bits per heavy atom.